The highest BCUT2D eigenvalue weighted by Gasteiger charge is 2.08. The smallest absolute Gasteiger partial charge is 0.322 e. The van der Waals surface area contributed by atoms with Crippen LogP contribution in [0.1, 0.15) is 5.56 Å². The molecule has 0 saturated carbocycles. The Labute approximate surface area is 112 Å². The molecule has 0 unspecified atom stereocenters. The molecule has 18 heavy (non-hydrogen) atoms. The van der Waals surface area contributed by atoms with E-state index in [0.29, 0.717) is 15.7 Å². The van der Waals surface area contributed by atoms with Gasteiger partial charge in [0.15, 0.2) is 0 Å². The summed E-state index contributed by atoms with van der Waals surface area (Å²) in [6.45, 7) is -0.525. The van der Waals surface area contributed by atoms with Gasteiger partial charge in [0, 0.05) is 4.47 Å². The number of carbonyl (C=O) groups excluding carboxylic acids is 1. The van der Waals surface area contributed by atoms with Gasteiger partial charge in [-0.05, 0) is 28.1 Å². The van der Waals surface area contributed by atoms with E-state index >= 15 is 0 Å². The normalized spacial score (nSPS) is 9.33. The number of nitrogens with one attached hydrogen (secondary N) is 2. The van der Waals surface area contributed by atoms with Crippen molar-refractivity contribution in [3.63, 3.8) is 0 Å². The molecule has 0 aliphatic heterocycles. The molecule has 1 amide bonds. The van der Waals surface area contributed by atoms with E-state index in [1.807, 2.05) is 6.07 Å². The Morgan fingerprint density at radius 3 is 2.72 bits per heavy atom. The van der Waals surface area contributed by atoms with Crippen molar-refractivity contribution in [1.29, 1.82) is 5.26 Å². The fraction of sp³-hybridized carbons (Fsp3) is 0.182. The van der Waals surface area contributed by atoms with Crippen molar-refractivity contribution in [2.45, 2.75) is 0 Å². The number of carbonyl (C=O) groups is 2. The van der Waals surface area contributed by atoms with Crippen molar-refractivity contribution in [2.24, 2.45) is 0 Å². The van der Waals surface area contributed by atoms with Crippen LogP contribution in [0.25, 0.3) is 0 Å². The van der Waals surface area contributed by atoms with Gasteiger partial charge in [0.2, 0.25) is 5.91 Å². The van der Waals surface area contributed by atoms with Crippen LogP contribution in [0.2, 0.25) is 0 Å². The maximum atomic E-state index is 11.3. The third-order valence-electron chi connectivity index (χ3n) is 2.00. The number of rotatable bonds is 5. The molecule has 0 atom stereocenters. The first kappa shape index (κ1) is 14.0. The number of hydrogen-bond acceptors (Lipinski definition) is 4. The van der Waals surface area contributed by atoms with Crippen molar-refractivity contribution in [2.75, 3.05) is 18.4 Å². The number of halogens is 1. The topological polar surface area (TPSA) is 102 Å². The van der Waals surface area contributed by atoms with Gasteiger partial charge in [-0.15, -0.1) is 0 Å². The summed E-state index contributed by atoms with van der Waals surface area (Å²) in [6, 6.07) is 7.10. The molecule has 0 aliphatic rings. The molecule has 1 aromatic rings. The highest BCUT2D eigenvalue weighted by atomic mass is 79.9. The minimum absolute atomic E-state index is 0.0988. The summed E-state index contributed by atoms with van der Waals surface area (Å²) in [5, 5.41) is 22.3. The van der Waals surface area contributed by atoms with Crippen LogP contribution in [0.5, 0.6) is 0 Å². The van der Waals surface area contributed by atoms with Crippen LogP contribution in [-0.4, -0.2) is 30.1 Å². The second kappa shape index (κ2) is 6.61. The molecule has 3 N–H and O–H groups in total. The van der Waals surface area contributed by atoms with E-state index in [1.54, 1.807) is 18.2 Å². The number of amides is 1. The van der Waals surface area contributed by atoms with Gasteiger partial charge >= 0.3 is 5.97 Å². The highest BCUT2D eigenvalue weighted by Crippen LogP contribution is 2.23. The number of nitrogens with zero attached hydrogens (tertiary/aromatic N) is 1. The molecule has 0 bridgehead atoms. The summed E-state index contributed by atoms with van der Waals surface area (Å²) in [5.41, 5.74) is 0.904. The third kappa shape index (κ3) is 4.07. The van der Waals surface area contributed by atoms with Gasteiger partial charge in [0.1, 0.15) is 12.6 Å². The van der Waals surface area contributed by atoms with E-state index in [4.69, 9.17) is 10.4 Å². The lowest BCUT2D eigenvalue weighted by Gasteiger charge is -2.08. The molecule has 0 fully saturated rings. The van der Waals surface area contributed by atoms with Gasteiger partial charge in [-0.2, -0.15) is 5.26 Å². The Balaban J connectivity index is 2.59. The fourth-order valence-corrected chi connectivity index (χ4v) is 1.65. The summed E-state index contributed by atoms with van der Waals surface area (Å²) >= 11 is 3.22. The number of anilines is 1. The third-order valence-corrected chi connectivity index (χ3v) is 2.66. The molecule has 1 rings (SSSR count). The number of carboxylic acids is 1. The lowest BCUT2D eigenvalue weighted by molar-refractivity contribution is -0.137. The summed E-state index contributed by atoms with van der Waals surface area (Å²) < 4.78 is 0.626. The highest BCUT2D eigenvalue weighted by molar-refractivity contribution is 9.10. The second-order valence-corrected chi connectivity index (χ2v) is 4.15. The van der Waals surface area contributed by atoms with Gasteiger partial charge < -0.3 is 15.7 Å². The van der Waals surface area contributed by atoms with Crippen molar-refractivity contribution >= 4 is 33.5 Å². The molecular weight excluding hydrogens is 302 g/mol. The van der Waals surface area contributed by atoms with E-state index in [2.05, 4.69) is 26.6 Å². The van der Waals surface area contributed by atoms with Gasteiger partial charge in [0.25, 0.3) is 0 Å². The predicted molar refractivity (Wildman–Crippen MR) is 68.0 cm³/mol. The van der Waals surface area contributed by atoms with Gasteiger partial charge in [0.05, 0.1) is 17.8 Å². The van der Waals surface area contributed by atoms with E-state index in [1.165, 1.54) is 0 Å². The molecule has 0 saturated heterocycles. The van der Waals surface area contributed by atoms with Gasteiger partial charge in [-0.3, -0.25) is 9.59 Å². The second-order valence-electron chi connectivity index (χ2n) is 3.30. The largest absolute Gasteiger partial charge is 0.480 e. The molecular formula is C11H10BrN3O3. The van der Waals surface area contributed by atoms with Gasteiger partial charge in [-0.25, -0.2) is 0 Å². The van der Waals surface area contributed by atoms with Crippen LogP contribution in [0, 0.1) is 11.3 Å². The monoisotopic (exact) mass is 311 g/mol. The molecule has 7 heteroatoms. The van der Waals surface area contributed by atoms with Crippen molar-refractivity contribution < 1.29 is 14.7 Å². The zero-order valence-electron chi connectivity index (χ0n) is 9.24. The summed E-state index contributed by atoms with van der Waals surface area (Å²) in [6.07, 6.45) is 0. The zero-order valence-corrected chi connectivity index (χ0v) is 10.8. The minimum atomic E-state index is -1.11. The first-order chi connectivity index (χ1) is 8.54. The summed E-state index contributed by atoms with van der Waals surface area (Å²) in [7, 11) is 0. The molecule has 0 spiro atoms. The van der Waals surface area contributed by atoms with Crippen molar-refractivity contribution in [3.8, 4) is 6.07 Å². The van der Waals surface area contributed by atoms with Crippen LogP contribution >= 0.6 is 15.9 Å². The van der Waals surface area contributed by atoms with Crippen LogP contribution in [0.4, 0.5) is 5.69 Å². The maximum Gasteiger partial charge on any atom is 0.322 e. The molecule has 0 radical (unpaired) electrons. The Bertz CT molecular complexity index is 511. The number of nitriles is 1. The van der Waals surface area contributed by atoms with Crippen molar-refractivity contribution in [1.82, 2.24) is 5.32 Å². The quantitative estimate of drug-likeness (QED) is 0.751. The van der Waals surface area contributed by atoms with E-state index in [-0.39, 0.29) is 6.54 Å². The number of carboxylic acid groups (broad SMARTS) is 1. The Morgan fingerprint density at radius 2 is 2.11 bits per heavy atom. The molecule has 94 valence electrons. The Morgan fingerprint density at radius 1 is 1.39 bits per heavy atom. The van der Waals surface area contributed by atoms with Crippen LogP contribution in [-0.2, 0) is 9.59 Å². The number of aliphatic carboxylic acids is 1. The van der Waals surface area contributed by atoms with Gasteiger partial charge in [-0.1, -0.05) is 6.07 Å². The SMILES string of the molecule is N#Cc1c(Br)cccc1NCC(=O)NCC(=O)O. The Hall–Kier alpha value is -2.07. The van der Waals surface area contributed by atoms with Crippen LogP contribution in [0.3, 0.4) is 0 Å². The van der Waals surface area contributed by atoms with Crippen LogP contribution in [0.15, 0.2) is 22.7 Å². The van der Waals surface area contributed by atoms with E-state index in [9.17, 15) is 9.59 Å². The first-order valence-electron chi connectivity index (χ1n) is 4.95. The summed E-state index contributed by atoms with van der Waals surface area (Å²) in [4.78, 5) is 21.5. The average molecular weight is 312 g/mol. The minimum Gasteiger partial charge on any atom is -0.480 e. The van der Waals surface area contributed by atoms with E-state index in [0.717, 1.165) is 0 Å². The maximum absolute atomic E-state index is 11.3. The molecule has 6 nitrogen and oxygen atoms in total. The average Bonchev–Trinajstić information content (AvgIpc) is 2.33. The summed E-state index contributed by atoms with van der Waals surface area (Å²) in [5.74, 6) is -1.57. The molecule has 1 aromatic carbocycles. The molecule has 0 aromatic heterocycles. The van der Waals surface area contributed by atoms with E-state index < -0.39 is 18.4 Å². The lowest BCUT2D eigenvalue weighted by Crippen LogP contribution is -2.33. The molecule has 0 aliphatic carbocycles. The lowest BCUT2D eigenvalue weighted by atomic mass is 10.2. The standard InChI is InChI=1S/C11H10BrN3O3/c12-8-2-1-3-9(7(8)4-13)14-5-10(16)15-6-11(17)18/h1-3,14H,5-6H2,(H,15,16)(H,17,18). The molecule has 0 heterocycles. The Kier molecular flexibility index (Phi) is 5.14. The fourth-order valence-electron chi connectivity index (χ4n) is 1.20. The van der Waals surface area contributed by atoms with Crippen molar-refractivity contribution in [3.05, 3.63) is 28.2 Å². The predicted octanol–water partition coefficient (Wildman–Crippen LogP) is 0.933. The zero-order chi connectivity index (χ0) is 13.5. The first-order valence-corrected chi connectivity index (χ1v) is 5.75. The number of hydrogen-bond donors (Lipinski definition) is 3. The van der Waals surface area contributed by atoms with Crippen LogP contribution < -0.4 is 10.6 Å². The number of benzene rings is 1.